The van der Waals surface area contributed by atoms with Crippen molar-refractivity contribution in [3.05, 3.63) is 96.1 Å². The molecule has 0 unspecified atom stereocenters. The van der Waals surface area contributed by atoms with Gasteiger partial charge in [-0.05, 0) is 56.7 Å². The molecular weight excluding hydrogens is 488 g/mol. The number of carbonyl (C=O) groups excluding carboxylic acids is 1. The first-order valence-corrected chi connectivity index (χ1v) is 13.0. The van der Waals surface area contributed by atoms with Crippen molar-refractivity contribution in [1.82, 2.24) is 4.98 Å². The summed E-state index contributed by atoms with van der Waals surface area (Å²) in [7, 11) is 3.69. The van der Waals surface area contributed by atoms with Crippen molar-refractivity contribution in [2.45, 2.75) is 41.0 Å². The number of pyridine rings is 1. The number of nitrogens with zero attached hydrogens (tertiary/aromatic N) is 4. The fourth-order valence-corrected chi connectivity index (χ4v) is 3.50. The highest BCUT2D eigenvalue weighted by molar-refractivity contribution is 6.20. The van der Waals surface area contributed by atoms with Crippen molar-refractivity contribution in [2.24, 2.45) is 10.7 Å². The molecule has 0 saturated heterocycles. The van der Waals surface area contributed by atoms with Crippen LogP contribution in [0.3, 0.4) is 0 Å². The predicted octanol–water partition coefficient (Wildman–Crippen LogP) is 6.94. The number of hydrogen-bond donors (Lipinski definition) is 2. The number of likely N-dealkylation sites (N-methyl/N-ethyl adjacent to an activating group) is 1. The number of amidine groups is 1. The van der Waals surface area contributed by atoms with Gasteiger partial charge in [-0.25, -0.2) is 9.98 Å². The van der Waals surface area contributed by atoms with E-state index in [-0.39, 0.29) is 0 Å². The minimum atomic E-state index is 0.392. The van der Waals surface area contributed by atoms with Crippen LogP contribution in [0.25, 0.3) is 0 Å². The molecule has 0 atom stereocenters. The minimum Gasteiger partial charge on any atom is -0.439 e. The Kier molecular flexibility index (Phi) is 12.3. The van der Waals surface area contributed by atoms with Crippen LogP contribution in [0.15, 0.2) is 101 Å². The van der Waals surface area contributed by atoms with E-state index in [1.807, 2.05) is 100 Å². The molecule has 0 bridgehead atoms. The summed E-state index contributed by atoms with van der Waals surface area (Å²) in [5.41, 5.74) is 10.8. The van der Waals surface area contributed by atoms with Gasteiger partial charge in [0.15, 0.2) is 5.84 Å². The van der Waals surface area contributed by atoms with Gasteiger partial charge in [-0.15, -0.1) is 0 Å². The van der Waals surface area contributed by atoms with Crippen LogP contribution in [0.5, 0.6) is 11.6 Å². The lowest BCUT2D eigenvalue weighted by Crippen LogP contribution is -2.38. The van der Waals surface area contributed by atoms with E-state index in [0.29, 0.717) is 34.5 Å². The zero-order valence-corrected chi connectivity index (χ0v) is 24.0. The second-order valence-electron chi connectivity index (χ2n) is 8.42. The van der Waals surface area contributed by atoms with E-state index in [9.17, 15) is 4.79 Å². The fourth-order valence-electron chi connectivity index (χ4n) is 3.50. The normalized spacial score (nSPS) is 12.0. The van der Waals surface area contributed by atoms with E-state index in [0.717, 1.165) is 29.8 Å². The van der Waals surface area contributed by atoms with Crippen molar-refractivity contribution in [2.75, 3.05) is 29.2 Å². The monoisotopic (exact) mass is 528 g/mol. The molecular formula is C31H40N6O2. The Labute approximate surface area is 232 Å². The average molecular weight is 529 g/mol. The second-order valence-corrected chi connectivity index (χ2v) is 8.42. The van der Waals surface area contributed by atoms with Gasteiger partial charge in [0.25, 0.3) is 0 Å². The summed E-state index contributed by atoms with van der Waals surface area (Å²) in [4.78, 5) is 25.0. The molecule has 206 valence electrons. The number of para-hydroxylation sites is 1. The van der Waals surface area contributed by atoms with Gasteiger partial charge in [-0.1, -0.05) is 50.6 Å². The third-order valence-corrected chi connectivity index (χ3v) is 5.71. The first kappa shape index (κ1) is 30.6. The van der Waals surface area contributed by atoms with E-state index < -0.39 is 0 Å². The van der Waals surface area contributed by atoms with E-state index in [1.165, 1.54) is 4.90 Å². The van der Waals surface area contributed by atoms with Crippen LogP contribution >= 0.6 is 0 Å². The van der Waals surface area contributed by atoms with Crippen LogP contribution in [0.4, 0.5) is 17.1 Å². The molecule has 0 radical (unpaired) electrons. The number of aliphatic imine (C=N–C) groups is 1. The number of hydrogen-bond acceptors (Lipinski definition) is 7. The number of benzene rings is 2. The van der Waals surface area contributed by atoms with Gasteiger partial charge < -0.3 is 20.7 Å². The lowest BCUT2D eigenvalue weighted by molar-refractivity contribution is -0.106. The van der Waals surface area contributed by atoms with Crippen LogP contribution in [-0.4, -0.2) is 31.3 Å². The van der Waals surface area contributed by atoms with E-state index in [2.05, 4.69) is 17.2 Å². The minimum absolute atomic E-state index is 0.392. The molecule has 1 aromatic heterocycles. The number of amides is 1. The number of ether oxygens (including phenoxy) is 1. The van der Waals surface area contributed by atoms with E-state index in [1.54, 1.807) is 25.4 Å². The molecule has 1 amide bonds. The molecule has 8 heteroatoms. The third kappa shape index (κ3) is 8.46. The molecule has 0 saturated carbocycles. The number of nitrogens with two attached hydrogens (primary N) is 1. The molecule has 0 fully saturated rings. The summed E-state index contributed by atoms with van der Waals surface area (Å²) in [6.45, 7) is 9.83. The Morgan fingerprint density at radius 3 is 2.33 bits per heavy atom. The molecule has 0 aliphatic heterocycles. The maximum absolute atomic E-state index is 12.5. The smallest absolute Gasteiger partial charge is 0.219 e. The van der Waals surface area contributed by atoms with Gasteiger partial charge >= 0.3 is 0 Å². The first-order chi connectivity index (χ1) is 18.9. The Hall–Kier alpha value is -4.59. The number of allylic oxidation sites excluding steroid dienone is 2. The highest BCUT2D eigenvalue weighted by Crippen LogP contribution is 2.27. The molecule has 2 aromatic carbocycles. The number of anilines is 3. The van der Waals surface area contributed by atoms with Crippen molar-refractivity contribution in [1.29, 1.82) is 0 Å². The zero-order chi connectivity index (χ0) is 28.8. The summed E-state index contributed by atoms with van der Waals surface area (Å²) in [6.07, 6.45) is 5.03. The van der Waals surface area contributed by atoms with Crippen molar-refractivity contribution in [3.8, 4) is 11.6 Å². The molecule has 0 spiro atoms. The molecule has 0 aliphatic carbocycles. The Morgan fingerprint density at radius 1 is 1.05 bits per heavy atom. The summed E-state index contributed by atoms with van der Waals surface area (Å²) < 4.78 is 5.82. The predicted molar refractivity (Wildman–Crippen MR) is 163 cm³/mol. The molecule has 3 rings (SSSR count). The SMILES string of the molecule is CC.CC/C(C)=C/N=C(/C(=C(\C)N)N(C)c1ccc(Oc2ccccc2)nc1)N(C=O)c1cccc(NC)c1. The maximum atomic E-state index is 12.5. The first-order valence-electron chi connectivity index (χ1n) is 13.0. The van der Waals surface area contributed by atoms with Gasteiger partial charge in [0, 0.05) is 37.7 Å². The number of aromatic nitrogens is 1. The number of nitrogens with one attached hydrogen (secondary N) is 1. The summed E-state index contributed by atoms with van der Waals surface area (Å²) in [5, 5.41) is 3.11. The molecule has 39 heavy (non-hydrogen) atoms. The summed E-state index contributed by atoms with van der Waals surface area (Å²) in [5.74, 6) is 1.56. The quantitative estimate of drug-likeness (QED) is 0.168. The summed E-state index contributed by atoms with van der Waals surface area (Å²) in [6, 6.07) is 20.7. The van der Waals surface area contributed by atoms with Crippen molar-refractivity contribution < 1.29 is 9.53 Å². The standard InChI is InChI=1S/C29H34N6O2.C2H6/c1-6-21(2)18-33-29(35(20-36)24-12-10-11-23(17-24)31-4)28(22(3)30)34(5)25-15-16-27(32-19-25)37-26-13-8-7-9-14-26;1-2/h7-20,31H,6,30H2,1-5H3;1-2H3/b21-18+,28-22-,33-29-;. The molecule has 3 aromatic rings. The summed E-state index contributed by atoms with van der Waals surface area (Å²) >= 11 is 0. The Bertz CT molecular complexity index is 1280. The molecule has 3 N–H and O–H groups in total. The lowest BCUT2D eigenvalue weighted by Gasteiger charge is -2.29. The maximum Gasteiger partial charge on any atom is 0.219 e. The van der Waals surface area contributed by atoms with Crippen molar-refractivity contribution in [3.63, 3.8) is 0 Å². The molecule has 8 nitrogen and oxygen atoms in total. The van der Waals surface area contributed by atoms with Crippen LogP contribution in [0, 0.1) is 0 Å². The highest BCUT2D eigenvalue weighted by Gasteiger charge is 2.24. The zero-order valence-electron chi connectivity index (χ0n) is 24.0. The number of rotatable bonds is 10. The van der Waals surface area contributed by atoms with Crippen molar-refractivity contribution >= 4 is 29.3 Å². The van der Waals surface area contributed by atoms with Crippen LogP contribution < -0.4 is 25.6 Å². The van der Waals surface area contributed by atoms with Gasteiger partial charge in [0.05, 0.1) is 17.6 Å². The molecule has 1 heterocycles. The largest absolute Gasteiger partial charge is 0.439 e. The Morgan fingerprint density at radius 2 is 1.77 bits per heavy atom. The van der Waals surface area contributed by atoms with Gasteiger partial charge in [0.2, 0.25) is 12.3 Å². The average Bonchev–Trinajstić information content (AvgIpc) is 2.97. The van der Waals surface area contributed by atoms with Gasteiger partial charge in [-0.3, -0.25) is 9.69 Å². The topological polar surface area (TPSA) is 96.1 Å². The molecule has 0 aliphatic rings. The third-order valence-electron chi connectivity index (χ3n) is 5.71. The van der Waals surface area contributed by atoms with Gasteiger partial charge in [-0.2, -0.15) is 0 Å². The fraction of sp³-hybridized carbons (Fsp3) is 0.258. The van der Waals surface area contributed by atoms with E-state index in [4.69, 9.17) is 15.5 Å². The highest BCUT2D eigenvalue weighted by atomic mass is 16.5. The van der Waals surface area contributed by atoms with Crippen LogP contribution in [0.2, 0.25) is 0 Å². The Balaban J connectivity index is 0.00000260. The number of carbonyl (C=O) groups is 1. The van der Waals surface area contributed by atoms with Crippen LogP contribution in [-0.2, 0) is 4.79 Å². The second kappa shape index (κ2) is 15.6. The van der Waals surface area contributed by atoms with Crippen LogP contribution in [0.1, 0.15) is 41.0 Å². The van der Waals surface area contributed by atoms with E-state index >= 15 is 0 Å². The van der Waals surface area contributed by atoms with Gasteiger partial charge in [0.1, 0.15) is 11.4 Å². The lowest BCUT2D eigenvalue weighted by atomic mass is 10.2.